The minimum absolute atomic E-state index is 0.000505. The van der Waals surface area contributed by atoms with Crippen LogP contribution in [-0.4, -0.2) is 43.4 Å². The van der Waals surface area contributed by atoms with Crippen molar-refractivity contribution < 1.29 is 14.3 Å². The molecule has 9 heteroatoms. The first-order valence-electron chi connectivity index (χ1n) is 11.8. The SMILES string of the molecule is O=C(NCc1ccccc1)[C@@H]1CCC(=O)N1Cc1ccc(OCc2ccc(-c3nn[nH]n3)cc2)cc1. The van der Waals surface area contributed by atoms with Gasteiger partial charge in [-0.2, -0.15) is 5.21 Å². The van der Waals surface area contributed by atoms with E-state index in [0.29, 0.717) is 38.4 Å². The maximum atomic E-state index is 12.8. The summed E-state index contributed by atoms with van der Waals surface area (Å²) in [6.07, 6.45) is 0.919. The van der Waals surface area contributed by atoms with Crippen molar-refractivity contribution in [3.63, 3.8) is 0 Å². The second kappa shape index (κ2) is 10.8. The summed E-state index contributed by atoms with van der Waals surface area (Å²) < 4.78 is 5.91. The molecule has 1 saturated heterocycles. The number of aromatic nitrogens is 4. The molecule has 3 aromatic carbocycles. The fourth-order valence-electron chi connectivity index (χ4n) is 4.20. The Morgan fingerprint density at radius 3 is 2.44 bits per heavy atom. The predicted molar refractivity (Wildman–Crippen MR) is 132 cm³/mol. The standard InChI is InChI=1S/C27H26N6O3/c34-25-15-14-24(27(35)28-16-19-4-2-1-3-5-19)33(25)17-20-8-12-23(13-9-20)36-18-21-6-10-22(11-7-21)26-29-31-32-30-26/h1-13,24H,14-18H2,(H,28,35)(H,29,30,31,32)/t24-/m0/s1. The highest BCUT2D eigenvalue weighted by Gasteiger charge is 2.35. The van der Waals surface area contributed by atoms with Crippen molar-refractivity contribution in [1.29, 1.82) is 0 Å². The van der Waals surface area contributed by atoms with Crippen LogP contribution in [0, 0.1) is 0 Å². The average Bonchev–Trinajstić information content (AvgIpc) is 3.59. The van der Waals surface area contributed by atoms with E-state index in [4.69, 9.17) is 4.74 Å². The summed E-state index contributed by atoms with van der Waals surface area (Å²) in [5.41, 5.74) is 3.86. The molecule has 4 aromatic rings. The van der Waals surface area contributed by atoms with Crippen molar-refractivity contribution in [1.82, 2.24) is 30.8 Å². The molecule has 0 radical (unpaired) electrons. The number of nitrogens with zero attached hydrogens (tertiary/aromatic N) is 4. The van der Waals surface area contributed by atoms with Crippen LogP contribution in [0.2, 0.25) is 0 Å². The first-order chi connectivity index (χ1) is 17.7. The number of amides is 2. The van der Waals surface area contributed by atoms with Crippen LogP contribution in [0.25, 0.3) is 11.4 Å². The number of rotatable bonds is 9. The van der Waals surface area contributed by atoms with Crippen LogP contribution in [0.5, 0.6) is 5.75 Å². The van der Waals surface area contributed by atoms with Gasteiger partial charge in [0.15, 0.2) is 0 Å². The smallest absolute Gasteiger partial charge is 0.243 e. The fourth-order valence-corrected chi connectivity index (χ4v) is 4.20. The maximum Gasteiger partial charge on any atom is 0.243 e. The zero-order valence-corrected chi connectivity index (χ0v) is 19.6. The number of benzene rings is 3. The van der Waals surface area contributed by atoms with Crippen molar-refractivity contribution in [3.05, 3.63) is 95.6 Å². The molecule has 2 heterocycles. The molecule has 0 spiro atoms. The van der Waals surface area contributed by atoms with E-state index in [-0.39, 0.29) is 11.8 Å². The Kier molecular flexibility index (Phi) is 6.98. The van der Waals surface area contributed by atoms with E-state index in [2.05, 4.69) is 25.9 Å². The molecule has 1 aliphatic rings. The Morgan fingerprint density at radius 2 is 1.72 bits per heavy atom. The van der Waals surface area contributed by atoms with Crippen molar-refractivity contribution in [2.24, 2.45) is 0 Å². The van der Waals surface area contributed by atoms with Crippen molar-refractivity contribution in [2.45, 2.75) is 38.6 Å². The second-order valence-corrected chi connectivity index (χ2v) is 8.64. The van der Waals surface area contributed by atoms with Gasteiger partial charge in [0, 0.05) is 25.1 Å². The normalized spacial score (nSPS) is 15.2. The number of ether oxygens (including phenoxy) is 1. The first-order valence-corrected chi connectivity index (χ1v) is 11.8. The molecule has 2 amide bonds. The highest BCUT2D eigenvalue weighted by Crippen LogP contribution is 2.23. The average molecular weight is 483 g/mol. The third-order valence-electron chi connectivity index (χ3n) is 6.18. The van der Waals surface area contributed by atoms with E-state index in [1.54, 1.807) is 4.90 Å². The Balaban J connectivity index is 1.14. The van der Waals surface area contributed by atoms with Crippen molar-refractivity contribution >= 4 is 11.8 Å². The molecule has 1 aliphatic heterocycles. The Labute approximate surface area is 208 Å². The summed E-state index contributed by atoms with van der Waals surface area (Å²) in [7, 11) is 0. The van der Waals surface area contributed by atoms with Gasteiger partial charge in [0.1, 0.15) is 18.4 Å². The summed E-state index contributed by atoms with van der Waals surface area (Å²) in [4.78, 5) is 27.0. The minimum atomic E-state index is -0.451. The van der Waals surface area contributed by atoms with Gasteiger partial charge in [-0.25, -0.2) is 0 Å². The van der Waals surface area contributed by atoms with Crippen LogP contribution in [0.1, 0.15) is 29.5 Å². The number of carbonyl (C=O) groups excluding carboxylic acids is 2. The number of aromatic amines is 1. The lowest BCUT2D eigenvalue weighted by atomic mass is 10.1. The monoisotopic (exact) mass is 482 g/mol. The van der Waals surface area contributed by atoms with Gasteiger partial charge in [-0.15, -0.1) is 10.2 Å². The lowest BCUT2D eigenvalue weighted by Crippen LogP contribution is -2.44. The molecule has 0 bridgehead atoms. The van der Waals surface area contributed by atoms with E-state index in [1.807, 2.05) is 78.9 Å². The quantitative estimate of drug-likeness (QED) is 0.379. The van der Waals surface area contributed by atoms with Gasteiger partial charge < -0.3 is 15.0 Å². The molecule has 2 N–H and O–H groups in total. The van der Waals surface area contributed by atoms with Gasteiger partial charge in [-0.05, 0) is 40.5 Å². The third-order valence-corrected chi connectivity index (χ3v) is 6.18. The molecule has 5 rings (SSSR count). The van der Waals surface area contributed by atoms with Crippen LogP contribution in [-0.2, 0) is 29.3 Å². The lowest BCUT2D eigenvalue weighted by Gasteiger charge is -2.24. The molecule has 36 heavy (non-hydrogen) atoms. The predicted octanol–water partition coefficient (Wildman–Crippen LogP) is 3.25. The Hall–Kier alpha value is -4.53. The number of carbonyl (C=O) groups is 2. The van der Waals surface area contributed by atoms with Gasteiger partial charge >= 0.3 is 0 Å². The summed E-state index contributed by atoms with van der Waals surface area (Å²) in [5, 5.41) is 16.9. The van der Waals surface area contributed by atoms with Crippen LogP contribution >= 0.6 is 0 Å². The molecule has 182 valence electrons. The zero-order valence-electron chi connectivity index (χ0n) is 19.6. The van der Waals surface area contributed by atoms with Gasteiger partial charge in [0.25, 0.3) is 0 Å². The topological polar surface area (TPSA) is 113 Å². The number of nitrogens with one attached hydrogen (secondary N) is 2. The summed E-state index contributed by atoms with van der Waals surface area (Å²) in [6, 6.07) is 24.7. The molecule has 1 fully saturated rings. The zero-order chi connectivity index (χ0) is 24.7. The molecule has 1 aromatic heterocycles. The van der Waals surface area contributed by atoms with E-state index in [0.717, 1.165) is 28.0 Å². The van der Waals surface area contributed by atoms with Crippen molar-refractivity contribution in [2.75, 3.05) is 0 Å². The molecule has 9 nitrogen and oxygen atoms in total. The molecule has 0 unspecified atom stereocenters. The Bertz CT molecular complexity index is 1290. The summed E-state index contributed by atoms with van der Waals surface area (Å²) in [6.45, 7) is 1.25. The highest BCUT2D eigenvalue weighted by molar-refractivity contribution is 5.90. The number of likely N-dealkylation sites (tertiary alicyclic amines) is 1. The number of H-pyrrole nitrogens is 1. The molecular weight excluding hydrogens is 456 g/mol. The van der Waals surface area contributed by atoms with E-state index >= 15 is 0 Å². The number of hydrogen-bond donors (Lipinski definition) is 2. The maximum absolute atomic E-state index is 12.8. The number of hydrogen-bond acceptors (Lipinski definition) is 6. The van der Waals surface area contributed by atoms with Gasteiger partial charge in [0.2, 0.25) is 17.6 Å². The lowest BCUT2D eigenvalue weighted by molar-refractivity contribution is -0.135. The van der Waals surface area contributed by atoms with Gasteiger partial charge in [-0.1, -0.05) is 66.7 Å². The third kappa shape index (κ3) is 5.57. The first kappa shape index (κ1) is 23.2. The minimum Gasteiger partial charge on any atom is -0.489 e. The largest absolute Gasteiger partial charge is 0.489 e. The number of tetrazole rings is 1. The molecular formula is C27H26N6O3. The molecule has 1 atom stereocenters. The second-order valence-electron chi connectivity index (χ2n) is 8.64. The van der Waals surface area contributed by atoms with E-state index in [1.165, 1.54) is 0 Å². The van der Waals surface area contributed by atoms with Crippen LogP contribution < -0.4 is 10.1 Å². The van der Waals surface area contributed by atoms with Gasteiger partial charge in [0.05, 0.1) is 0 Å². The van der Waals surface area contributed by atoms with Crippen LogP contribution in [0.3, 0.4) is 0 Å². The summed E-state index contributed by atoms with van der Waals surface area (Å²) in [5.74, 6) is 1.16. The summed E-state index contributed by atoms with van der Waals surface area (Å²) >= 11 is 0. The molecule has 0 aliphatic carbocycles. The van der Waals surface area contributed by atoms with Gasteiger partial charge in [-0.3, -0.25) is 9.59 Å². The Morgan fingerprint density at radius 1 is 0.972 bits per heavy atom. The fraction of sp³-hybridized carbons (Fsp3) is 0.222. The highest BCUT2D eigenvalue weighted by atomic mass is 16.5. The van der Waals surface area contributed by atoms with Crippen LogP contribution in [0.4, 0.5) is 0 Å². The van der Waals surface area contributed by atoms with E-state index < -0.39 is 6.04 Å². The molecule has 0 saturated carbocycles. The van der Waals surface area contributed by atoms with Crippen LogP contribution in [0.15, 0.2) is 78.9 Å². The van der Waals surface area contributed by atoms with Crippen molar-refractivity contribution in [3.8, 4) is 17.1 Å². The van der Waals surface area contributed by atoms with E-state index in [9.17, 15) is 9.59 Å².